The van der Waals surface area contributed by atoms with Gasteiger partial charge in [-0.1, -0.05) is 43.1 Å². The lowest BCUT2D eigenvalue weighted by atomic mass is 10.0. The zero-order chi connectivity index (χ0) is 29.9. The first-order valence-corrected chi connectivity index (χ1v) is 19.6. The van der Waals surface area contributed by atoms with Crippen LogP contribution in [0.1, 0.15) is 39.3 Å². The summed E-state index contributed by atoms with van der Waals surface area (Å²) >= 11 is 3.06. The predicted molar refractivity (Wildman–Crippen MR) is 170 cm³/mol. The zero-order valence-corrected chi connectivity index (χ0v) is 27.5. The van der Waals surface area contributed by atoms with Crippen LogP contribution in [-0.4, -0.2) is 65.8 Å². The highest BCUT2D eigenvalue weighted by atomic mass is 32.1. The number of rotatable bonds is 11. The van der Waals surface area contributed by atoms with E-state index >= 15 is 0 Å². The van der Waals surface area contributed by atoms with E-state index in [1.807, 2.05) is 24.0 Å². The molecular weight excluding hydrogens is 589 g/mol. The highest BCUT2D eigenvalue weighted by Gasteiger charge is 2.28. The van der Waals surface area contributed by atoms with Gasteiger partial charge in [0.25, 0.3) is 0 Å². The van der Waals surface area contributed by atoms with Gasteiger partial charge in [0.05, 0.1) is 17.3 Å². The van der Waals surface area contributed by atoms with Gasteiger partial charge >= 0.3 is 5.97 Å². The molecular formula is C29H38N6O4S2Si. The number of ether oxygens (including phenoxy) is 2. The summed E-state index contributed by atoms with van der Waals surface area (Å²) in [5, 5.41) is 19.2. The molecule has 0 amide bonds. The molecule has 13 heteroatoms. The quantitative estimate of drug-likeness (QED) is 0.130. The van der Waals surface area contributed by atoms with Crippen molar-refractivity contribution in [1.82, 2.24) is 19.7 Å². The molecule has 4 aromatic rings. The second-order valence-corrected chi connectivity index (χ2v) is 19.2. The van der Waals surface area contributed by atoms with E-state index in [2.05, 4.69) is 51.5 Å². The summed E-state index contributed by atoms with van der Waals surface area (Å²) in [6.45, 7) is 11.0. The number of para-hydroxylation sites is 1. The first-order valence-electron chi connectivity index (χ1n) is 14.2. The van der Waals surface area contributed by atoms with Crippen molar-refractivity contribution in [1.29, 1.82) is 0 Å². The lowest BCUT2D eigenvalue weighted by Gasteiger charge is -2.28. The van der Waals surface area contributed by atoms with Gasteiger partial charge in [-0.15, -0.1) is 21.5 Å². The average molecular weight is 627 g/mol. The number of benzene rings is 1. The van der Waals surface area contributed by atoms with Crippen LogP contribution in [0.5, 0.6) is 0 Å². The monoisotopic (exact) mass is 626 g/mol. The third-order valence-corrected chi connectivity index (χ3v) is 11.1. The Bertz CT molecular complexity index is 1640. The van der Waals surface area contributed by atoms with Gasteiger partial charge in [-0.05, 0) is 50.8 Å². The number of nitrogens with zero attached hydrogens (tertiary/aromatic N) is 6. The molecule has 0 saturated carbocycles. The van der Waals surface area contributed by atoms with Crippen molar-refractivity contribution in [2.24, 2.45) is 4.99 Å². The van der Waals surface area contributed by atoms with Gasteiger partial charge in [-0.2, -0.15) is 4.99 Å². The second kappa shape index (κ2) is 13.1. The van der Waals surface area contributed by atoms with Gasteiger partial charge in [0, 0.05) is 43.8 Å². The maximum absolute atomic E-state index is 12.4. The van der Waals surface area contributed by atoms with E-state index in [-0.39, 0.29) is 6.61 Å². The maximum Gasteiger partial charge on any atom is 0.357 e. The Balaban J connectivity index is 1.49. The molecule has 224 valence electrons. The normalized spacial score (nSPS) is 14.0. The molecule has 0 spiro atoms. The van der Waals surface area contributed by atoms with Crippen molar-refractivity contribution < 1.29 is 19.4 Å². The summed E-state index contributed by atoms with van der Waals surface area (Å²) in [4.78, 5) is 25.7. The number of fused-ring (bicyclic) bond motifs is 2. The lowest BCUT2D eigenvalue weighted by molar-refractivity contribution is 0.0593. The molecule has 0 aliphatic carbocycles. The fourth-order valence-corrected chi connectivity index (χ4v) is 7.73. The fraction of sp³-hybridized carbons (Fsp3) is 0.483. The van der Waals surface area contributed by atoms with Crippen molar-refractivity contribution >= 4 is 63.7 Å². The van der Waals surface area contributed by atoms with E-state index in [4.69, 9.17) is 14.5 Å². The Morgan fingerprint density at radius 3 is 2.76 bits per heavy atom. The van der Waals surface area contributed by atoms with Gasteiger partial charge in [-0.25, -0.2) is 9.78 Å². The molecule has 0 bridgehead atoms. The number of aliphatic hydroxyl groups is 1. The van der Waals surface area contributed by atoms with Gasteiger partial charge in [0.1, 0.15) is 6.73 Å². The number of thiazole rings is 2. The molecule has 5 rings (SSSR count). The summed E-state index contributed by atoms with van der Waals surface area (Å²) in [7, 11) is 0.165. The molecule has 3 aromatic heterocycles. The van der Waals surface area contributed by atoms with Crippen molar-refractivity contribution in [3.05, 3.63) is 50.8 Å². The van der Waals surface area contributed by atoms with Crippen molar-refractivity contribution in [3.63, 3.8) is 0 Å². The minimum Gasteiger partial charge on any atom is -0.464 e. The van der Waals surface area contributed by atoms with Crippen molar-refractivity contribution in [2.75, 3.05) is 31.8 Å². The predicted octanol–water partition coefficient (Wildman–Crippen LogP) is 5.60. The van der Waals surface area contributed by atoms with Crippen LogP contribution in [0.3, 0.4) is 0 Å². The Hall–Kier alpha value is -2.97. The minimum absolute atomic E-state index is 0.0434. The van der Waals surface area contributed by atoms with Crippen LogP contribution in [0.4, 0.5) is 16.8 Å². The first-order chi connectivity index (χ1) is 20.2. The van der Waals surface area contributed by atoms with E-state index in [1.54, 1.807) is 11.3 Å². The molecule has 0 atom stereocenters. The molecule has 42 heavy (non-hydrogen) atoms. The summed E-state index contributed by atoms with van der Waals surface area (Å²) in [5.41, 5.74) is 3.46. The number of aryl methyl sites for hydroxylation is 1. The maximum atomic E-state index is 12.4. The summed E-state index contributed by atoms with van der Waals surface area (Å²) in [6.07, 6.45) is 2.87. The molecule has 10 nitrogen and oxygen atoms in total. The molecule has 0 saturated heterocycles. The third kappa shape index (κ3) is 6.65. The number of carbonyl (C=O) groups excluding carboxylic acids is 1. The molecule has 1 aliphatic rings. The molecule has 0 unspecified atom stereocenters. The number of aromatic nitrogens is 4. The van der Waals surface area contributed by atoms with E-state index in [0.717, 1.165) is 68.9 Å². The van der Waals surface area contributed by atoms with E-state index in [1.165, 1.54) is 18.4 Å². The molecule has 0 fully saturated rings. The van der Waals surface area contributed by atoms with Crippen LogP contribution in [0.25, 0.3) is 10.2 Å². The Kier molecular flexibility index (Phi) is 9.53. The molecule has 1 aliphatic heterocycles. The Morgan fingerprint density at radius 2 is 2.00 bits per heavy atom. The van der Waals surface area contributed by atoms with Crippen molar-refractivity contribution in [2.45, 2.75) is 65.0 Å². The molecule has 1 N–H and O–H groups in total. The average Bonchev–Trinajstić information content (AvgIpc) is 3.55. The first kappa shape index (κ1) is 30.5. The fourth-order valence-electron chi connectivity index (χ4n) is 4.84. The van der Waals surface area contributed by atoms with E-state index in [0.29, 0.717) is 36.2 Å². The van der Waals surface area contributed by atoms with Gasteiger partial charge < -0.3 is 19.5 Å². The number of esters is 1. The highest BCUT2D eigenvalue weighted by molar-refractivity contribution is 7.16. The minimum atomic E-state index is -1.19. The lowest BCUT2D eigenvalue weighted by Crippen LogP contribution is -2.27. The van der Waals surface area contributed by atoms with Gasteiger partial charge in [0.2, 0.25) is 0 Å². The van der Waals surface area contributed by atoms with Crippen LogP contribution in [0.15, 0.2) is 29.3 Å². The van der Waals surface area contributed by atoms with Gasteiger partial charge in [0.15, 0.2) is 27.3 Å². The van der Waals surface area contributed by atoms with Crippen LogP contribution in [0.2, 0.25) is 25.7 Å². The van der Waals surface area contributed by atoms with Crippen LogP contribution in [0, 0.1) is 6.92 Å². The topological polar surface area (TPSA) is 115 Å². The number of hydrogen-bond donors (Lipinski definition) is 1. The highest BCUT2D eigenvalue weighted by Crippen LogP contribution is 2.38. The van der Waals surface area contributed by atoms with E-state index in [9.17, 15) is 9.90 Å². The van der Waals surface area contributed by atoms with Gasteiger partial charge in [-0.3, -0.25) is 4.57 Å². The van der Waals surface area contributed by atoms with Crippen LogP contribution >= 0.6 is 22.7 Å². The van der Waals surface area contributed by atoms with Crippen LogP contribution in [-0.2, 0) is 29.0 Å². The number of aliphatic hydroxyl groups excluding tert-OH is 1. The smallest absolute Gasteiger partial charge is 0.357 e. The number of methoxy groups -OCH3 is 1. The number of hydrogen-bond acceptors (Lipinski definition) is 11. The number of carbonyl (C=O) groups is 1. The molecule has 1 aromatic carbocycles. The Labute approximate surface area is 254 Å². The summed E-state index contributed by atoms with van der Waals surface area (Å²) < 4.78 is 14.4. The molecule has 4 heterocycles. The Morgan fingerprint density at radius 1 is 1.19 bits per heavy atom. The number of anilines is 2. The zero-order valence-electron chi connectivity index (χ0n) is 24.8. The van der Waals surface area contributed by atoms with Crippen LogP contribution < -0.4 is 9.70 Å². The SMILES string of the molecule is COC(=O)c1nc(N2CCCc3c2nnc(/N=c2\sc4ccccc4n2COCC[Si](C)(C)C)c3C)sc1CCCO. The second-order valence-electron chi connectivity index (χ2n) is 11.5. The van der Waals surface area contributed by atoms with E-state index < -0.39 is 14.0 Å². The standard InChI is InChI=1S/C29H38N6O4S2Si/c1-19-20-10-8-14-34(28-30-24(27(37)38-2)23(41-28)13-9-15-36)26(20)33-32-25(19)31-29-35(18-39-16-17-42(3,4)5)21-11-6-7-12-22(21)40-29/h6-7,11-12,36H,8-10,13-18H2,1-5H3/b31-29-. The third-order valence-electron chi connectivity index (χ3n) is 7.23. The molecule has 0 radical (unpaired) electrons. The van der Waals surface area contributed by atoms with Crippen molar-refractivity contribution in [3.8, 4) is 0 Å². The summed E-state index contributed by atoms with van der Waals surface area (Å²) in [6, 6.07) is 9.39. The largest absolute Gasteiger partial charge is 0.464 e. The summed E-state index contributed by atoms with van der Waals surface area (Å²) in [5.74, 6) is 0.867.